The van der Waals surface area contributed by atoms with E-state index in [9.17, 15) is 0 Å². The quantitative estimate of drug-likeness (QED) is 0.306. The Balaban J connectivity index is 1.85. The summed E-state index contributed by atoms with van der Waals surface area (Å²) in [4.78, 5) is 0. The number of pyridine rings is 1. The van der Waals surface area contributed by atoms with Gasteiger partial charge in [0.25, 0.3) is 0 Å². The summed E-state index contributed by atoms with van der Waals surface area (Å²) in [7, 11) is 2.09. The minimum Gasteiger partial charge on any atom is -0.200 e. The Bertz CT molecular complexity index is 1170. The molecule has 4 rings (SSSR count). The molecule has 0 bridgehead atoms. The van der Waals surface area contributed by atoms with Crippen molar-refractivity contribution in [3.05, 3.63) is 112 Å². The lowest BCUT2D eigenvalue weighted by molar-refractivity contribution is -0.660. The third kappa shape index (κ3) is 4.42. The third-order valence-corrected chi connectivity index (χ3v) is 5.56. The molecule has 0 unspecified atom stereocenters. The van der Waals surface area contributed by atoms with Gasteiger partial charge >= 0.3 is 0 Å². The summed E-state index contributed by atoms with van der Waals surface area (Å²) in [5.41, 5.74) is 6.82. The molecule has 1 aromatic heterocycles. The standard InChI is InChI=1S/C26H20Cl2N/c1-29-18-23(20-8-4-2-5-9-20)17-22(26(29)21-10-6-3-7-11-21)14-12-19-13-15-24(27)25(28)16-19/h2-18H,1H3/q+1/b14-12+. The number of hydrogen-bond acceptors (Lipinski definition) is 0. The lowest BCUT2D eigenvalue weighted by Gasteiger charge is -2.08. The van der Waals surface area contributed by atoms with E-state index in [2.05, 4.69) is 84.6 Å². The molecule has 0 spiro atoms. The predicted octanol–water partition coefficient (Wildman–Crippen LogP) is 7.32. The maximum Gasteiger partial charge on any atom is 0.219 e. The maximum atomic E-state index is 6.18. The molecule has 0 saturated carbocycles. The Labute approximate surface area is 181 Å². The Morgan fingerprint density at radius 2 is 1.31 bits per heavy atom. The van der Waals surface area contributed by atoms with Crippen LogP contribution in [0, 0.1) is 0 Å². The van der Waals surface area contributed by atoms with Gasteiger partial charge in [-0.3, -0.25) is 0 Å². The van der Waals surface area contributed by atoms with Crippen LogP contribution in [0.3, 0.4) is 0 Å². The molecule has 0 fully saturated rings. The SMILES string of the molecule is C[n+]1cc(-c2ccccc2)cc(/C=C/c2ccc(Cl)c(Cl)c2)c1-c1ccccc1. The van der Waals surface area contributed by atoms with E-state index in [1.165, 1.54) is 16.7 Å². The van der Waals surface area contributed by atoms with Crippen molar-refractivity contribution < 1.29 is 4.57 Å². The maximum absolute atomic E-state index is 6.18. The van der Waals surface area contributed by atoms with Gasteiger partial charge in [-0.2, -0.15) is 4.57 Å². The van der Waals surface area contributed by atoms with Crippen molar-refractivity contribution in [3.63, 3.8) is 0 Å². The molecule has 29 heavy (non-hydrogen) atoms. The Morgan fingerprint density at radius 1 is 0.655 bits per heavy atom. The number of halogens is 2. The third-order valence-electron chi connectivity index (χ3n) is 4.82. The van der Waals surface area contributed by atoms with E-state index in [0.717, 1.165) is 16.8 Å². The van der Waals surface area contributed by atoms with Crippen LogP contribution in [0.4, 0.5) is 0 Å². The monoisotopic (exact) mass is 416 g/mol. The van der Waals surface area contributed by atoms with E-state index in [4.69, 9.17) is 23.2 Å². The van der Waals surface area contributed by atoms with Crippen molar-refractivity contribution in [3.8, 4) is 22.4 Å². The number of nitrogens with zero attached hydrogens (tertiary/aromatic N) is 1. The van der Waals surface area contributed by atoms with Crippen LogP contribution in [0.25, 0.3) is 34.5 Å². The molecule has 0 aliphatic rings. The zero-order valence-electron chi connectivity index (χ0n) is 16.0. The molecular weight excluding hydrogens is 397 g/mol. The molecule has 0 N–H and O–H groups in total. The lowest BCUT2D eigenvalue weighted by atomic mass is 9.99. The lowest BCUT2D eigenvalue weighted by Crippen LogP contribution is -2.31. The second-order valence-corrected chi connectivity index (χ2v) is 7.70. The molecular formula is C26H20Cl2N+. The van der Waals surface area contributed by atoms with Gasteiger partial charge in [0.1, 0.15) is 7.05 Å². The van der Waals surface area contributed by atoms with Crippen molar-refractivity contribution in [2.75, 3.05) is 0 Å². The fourth-order valence-corrected chi connectivity index (χ4v) is 3.74. The topological polar surface area (TPSA) is 3.88 Å². The van der Waals surface area contributed by atoms with E-state index in [0.29, 0.717) is 10.0 Å². The van der Waals surface area contributed by atoms with Crippen LogP contribution < -0.4 is 4.57 Å². The molecule has 0 aliphatic carbocycles. The average Bonchev–Trinajstić information content (AvgIpc) is 2.75. The molecule has 4 aromatic rings. The average molecular weight is 417 g/mol. The van der Waals surface area contributed by atoms with Crippen LogP contribution in [-0.4, -0.2) is 0 Å². The van der Waals surface area contributed by atoms with Gasteiger partial charge in [0.2, 0.25) is 5.69 Å². The number of benzene rings is 3. The predicted molar refractivity (Wildman–Crippen MR) is 124 cm³/mol. The zero-order chi connectivity index (χ0) is 20.2. The first kappa shape index (κ1) is 19.4. The highest BCUT2D eigenvalue weighted by Crippen LogP contribution is 2.28. The van der Waals surface area contributed by atoms with Gasteiger partial charge in [-0.15, -0.1) is 0 Å². The second kappa shape index (κ2) is 8.65. The fraction of sp³-hybridized carbons (Fsp3) is 0.0385. The largest absolute Gasteiger partial charge is 0.219 e. The summed E-state index contributed by atoms with van der Waals surface area (Å²) >= 11 is 12.2. The van der Waals surface area contributed by atoms with E-state index in [-0.39, 0.29) is 0 Å². The summed E-state index contributed by atoms with van der Waals surface area (Å²) in [5.74, 6) is 0. The number of aromatic nitrogens is 1. The van der Waals surface area contributed by atoms with Crippen molar-refractivity contribution in [1.82, 2.24) is 0 Å². The van der Waals surface area contributed by atoms with Crippen LogP contribution in [0.2, 0.25) is 10.0 Å². The van der Waals surface area contributed by atoms with Crippen molar-refractivity contribution >= 4 is 35.4 Å². The summed E-state index contributed by atoms with van der Waals surface area (Å²) in [5, 5.41) is 1.12. The number of aryl methyl sites for hydroxylation is 1. The van der Waals surface area contributed by atoms with Crippen LogP contribution in [0.5, 0.6) is 0 Å². The molecule has 3 heteroatoms. The van der Waals surface area contributed by atoms with Gasteiger partial charge in [0.05, 0.1) is 10.0 Å². The number of hydrogen-bond donors (Lipinski definition) is 0. The normalized spacial score (nSPS) is 11.1. The van der Waals surface area contributed by atoms with E-state index in [1.54, 1.807) is 0 Å². The second-order valence-electron chi connectivity index (χ2n) is 6.88. The van der Waals surface area contributed by atoms with Gasteiger partial charge in [-0.05, 0) is 47.5 Å². The van der Waals surface area contributed by atoms with Crippen LogP contribution in [0.15, 0.2) is 91.1 Å². The van der Waals surface area contributed by atoms with Crippen molar-refractivity contribution in [1.29, 1.82) is 0 Å². The molecule has 1 heterocycles. The minimum absolute atomic E-state index is 0.556. The van der Waals surface area contributed by atoms with Crippen LogP contribution in [-0.2, 0) is 7.05 Å². The van der Waals surface area contributed by atoms with E-state index >= 15 is 0 Å². The van der Waals surface area contributed by atoms with Gasteiger partial charge < -0.3 is 0 Å². The minimum atomic E-state index is 0.556. The molecule has 0 atom stereocenters. The summed E-state index contributed by atoms with van der Waals surface area (Å²) in [6.07, 6.45) is 6.38. The summed E-state index contributed by atoms with van der Waals surface area (Å²) in [6.45, 7) is 0. The molecule has 142 valence electrons. The Hall–Kier alpha value is -2.87. The first-order chi connectivity index (χ1) is 14.1. The van der Waals surface area contributed by atoms with Gasteiger partial charge in [-0.25, -0.2) is 0 Å². The Morgan fingerprint density at radius 3 is 1.97 bits per heavy atom. The van der Waals surface area contributed by atoms with E-state index in [1.807, 2.05) is 30.3 Å². The highest BCUT2D eigenvalue weighted by Gasteiger charge is 2.17. The van der Waals surface area contributed by atoms with Gasteiger partial charge in [0.15, 0.2) is 6.20 Å². The highest BCUT2D eigenvalue weighted by atomic mass is 35.5. The first-order valence-corrected chi connectivity index (χ1v) is 10.1. The molecule has 1 nitrogen and oxygen atoms in total. The zero-order valence-corrected chi connectivity index (χ0v) is 17.5. The molecule has 0 saturated heterocycles. The smallest absolute Gasteiger partial charge is 0.200 e. The fourth-order valence-electron chi connectivity index (χ4n) is 3.43. The van der Waals surface area contributed by atoms with Crippen molar-refractivity contribution in [2.24, 2.45) is 7.05 Å². The highest BCUT2D eigenvalue weighted by molar-refractivity contribution is 6.42. The summed E-state index contributed by atoms with van der Waals surface area (Å²) < 4.78 is 2.19. The summed E-state index contributed by atoms with van der Waals surface area (Å²) in [6, 6.07) is 28.7. The van der Waals surface area contributed by atoms with Gasteiger partial charge in [0, 0.05) is 16.7 Å². The molecule has 0 aliphatic heterocycles. The van der Waals surface area contributed by atoms with Crippen molar-refractivity contribution in [2.45, 2.75) is 0 Å². The molecule has 0 amide bonds. The van der Waals surface area contributed by atoms with E-state index < -0.39 is 0 Å². The first-order valence-electron chi connectivity index (χ1n) is 9.39. The Kier molecular flexibility index (Phi) is 5.80. The molecule has 0 radical (unpaired) electrons. The van der Waals surface area contributed by atoms with Crippen LogP contribution >= 0.6 is 23.2 Å². The van der Waals surface area contributed by atoms with Crippen LogP contribution in [0.1, 0.15) is 11.1 Å². The number of rotatable bonds is 4. The van der Waals surface area contributed by atoms with Gasteiger partial charge in [-0.1, -0.05) is 83.9 Å². The molecule has 3 aromatic carbocycles.